The molecule has 0 amide bonds. The maximum atomic E-state index is 11.9. The van der Waals surface area contributed by atoms with Crippen molar-refractivity contribution in [1.29, 1.82) is 0 Å². The van der Waals surface area contributed by atoms with Gasteiger partial charge in [0, 0.05) is 6.42 Å². The maximum Gasteiger partial charge on any atom is 0.308 e. The summed E-state index contributed by atoms with van der Waals surface area (Å²) < 4.78 is 11.3. The predicted octanol–water partition coefficient (Wildman–Crippen LogP) is 3.99. The van der Waals surface area contributed by atoms with Crippen LogP contribution in [0.1, 0.15) is 42.2 Å². The summed E-state index contributed by atoms with van der Waals surface area (Å²) in [7, 11) is 0. The molecule has 0 radical (unpaired) electrons. The molecule has 3 heteroatoms. The second-order valence-corrected chi connectivity index (χ2v) is 5.44. The normalized spacial score (nSPS) is 20.2. The minimum absolute atomic E-state index is 0.0180. The molecule has 0 unspecified atom stereocenters. The van der Waals surface area contributed by atoms with Crippen molar-refractivity contribution in [3.63, 3.8) is 0 Å². The second-order valence-electron chi connectivity index (χ2n) is 5.44. The number of fused-ring (bicyclic) bond motifs is 1. The van der Waals surface area contributed by atoms with Crippen molar-refractivity contribution in [2.24, 2.45) is 0 Å². The Balaban J connectivity index is 1.86. The minimum Gasteiger partial charge on any atom is -0.466 e. The van der Waals surface area contributed by atoms with E-state index in [1.807, 2.05) is 43.3 Å². The average Bonchev–Trinajstić information content (AvgIpc) is 2.56. The minimum atomic E-state index is -0.241. The first-order valence-electron chi connectivity index (χ1n) is 7.71. The maximum absolute atomic E-state index is 11.9. The van der Waals surface area contributed by atoms with Gasteiger partial charge in [0.1, 0.15) is 0 Å². The van der Waals surface area contributed by atoms with Gasteiger partial charge in [0.2, 0.25) is 0 Å². The molecule has 3 rings (SSSR count). The highest BCUT2D eigenvalue weighted by Crippen LogP contribution is 2.39. The van der Waals surface area contributed by atoms with Crippen LogP contribution < -0.4 is 0 Å². The summed E-state index contributed by atoms with van der Waals surface area (Å²) in [6.07, 6.45) is 0.831. The van der Waals surface area contributed by atoms with E-state index < -0.39 is 0 Å². The highest BCUT2D eigenvalue weighted by atomic mass is 16.5. The summed E-state index contributed by atoms with van der Waals surface area (Å²) in [4.78, 5) is 11.9. The summed E-state index contributed by atoms with van der Waals surface area (Å²) >= 11 is 0. The Bertz CT molecular complexity index is 636. The fourth-order valence-corrected chi connectivity index (χ4v) is 2.95. The lowest BCUT2D eigenvalue weighted by atomic mass is 9.90. The van der Waals surface area contributed by atoms with Crippen molar-refractivity contribution >= 4 is 5.97 Å². The number of esters is 1. The van der Waals surface area contributed by atoms with Gasteiger partial charge in [-0.25, -0.2) is 0 Å². The number of rotatable bonds is 4. The number of hydrogen-bond donors (Lipinski definition) is 0. The summed E-state index contributed by atoms with van der Waals surface area (Å²) in [5.74, 6) is -0.212. The monoisotopic (exact) mass is 296 g/mol. The van der Waals surface area contributed by atoms with Crippen LogP contribution in [-0.2, 0) is 20.7 Å². The molecule has 114 valence electrons. The van der Waals surface area contributed by atoms with Crippen molar-refractivity contribution < 1.29 is 14.3 Å². The Labute approximate surface area is 130 Å². The molecular formula is C19H20O3. The summed E-state index contributed by atoms with van der Waals surface area (Å²) in [5, 5.41) is 0. The van der Waals surface area contributed by atoms with Crippen LogP contribution in [0, 0.1) is 0 Å². The van der Waals surface area contributed by atoms with E-state index in [1.54, 1.807) is 0 Å². The predicted molar refractivity (Wildman–Crippen MR) is 84.4 cm³/mol. The topological polar surface area (TPSA) is 35.5 Å². The van der Waals surface area contributed by atoms with Crippen LogP contribution in [0.25, 0.3) is 0 Å². The van der Waals surface area contributed by atoms with E-state index in [2.05, 4.69) is 18.2 Å². The molecular weight excluding hydrogens is 276 g/mol. The highest BCUT2D eigenvalue weighted by Gasteiger charge is 2.30. The number of carbonyl (C=O) groups excluding carboxylic acids is 1. The van der Waals surface area contributed by atoms with E-state index in [0.29, 0.717) is 6.61 Å². The van der Waals surface area contributed by atoms with Crippen molar-refractivity contribution in [1.82, 2.24) is 0 Å². The molecule has 0 spiro atoms. The van der Waals surface area contributed by atoms with Crippen LogP contribution in [-0.4, -0.2) is 12.6 Å². The van der Waals surface area contributed by atoms with Crippen LogP contribution in [0.15, 0.2) is 54.6 Å². The Kier molecular flexibility index (Phi) is 4.54. The first-order valence-corrected chi connectivity index (χ1v) is 7.71. The molecule has 0 fully saturated rings. The first kappa shape index (κ1) is 14.8. The van der Waals surface area contributed by atoms with Gasteiger partial charge in [-0.15, -0.1) is 0 Å². The number of ether oxygens (including phenoxy) is 2. The van der Waals surface area contributed by atoms with Crippen molar-refractivity contribution in [2.75, 3.05) is 6.61 Å². The van der Waals surface area contributed by atoms with Crippen LogP contribution in [0.3, 0.4) is 0 Å². The molecule has 2 atom stereocenters. The molecule has 0 N–H and O–H groups in total. The Morgan fingerprint density at radius 3 is 2.64 bits per heavy atom. The fourth-order valence-electron chi connectivity index (χ4n) is 2.95. The van der Waals surface area contributed by atoms with E-state index in [9.17, 15) is 4.79 Å². The van der Waals surface area contributed by atoms with Gasteiger partial charge in [0.15, 0.2) is 0 Å². The first-order chi connectivity index (χ1) is 10.8. The fraction of sp³-hybridized carbons (Fsp3) is 0.316. The van der Waals surface area contributed by atoms with E-state index >= 15 is 0 Å². The van der Waals surface area contributed by atoms with Crippen LogP contribution >= 0.6 is 0 Å². The number of benzene rings is 2. The van der Waals surface area contributed by atoms with Crippen molar-refractivity contribution in [2.45, 2.75) is 32.0 Å². The van der Waals surface area contributed by atoms with Gasteiger partial charge in [0.05, 0.1) is 25.2 Å². The molecule has 2 aromatic carbocycles. The van der Waals surface area contributed by atoms with Crippen LogP contribution in [0.4, 0.5) is 0 Å². The molecule has 0 saturated carbocycles. The van der Waals surface area contributed by atoms with Gasteiger partial charge in [-0.2, -0.15) is 0 Å². The molecule has 3 nitrogen and oxygen atoms in total. The summed E-state index contributed by atoms with van der Waals surface area (Å²) in [6.45, 7) is 2.22. The lowest BCUT2D eigenvalue weighted by Gasteiger charge is -2.32. The third kappa shape index (κ3) is 3.20. The van der Waals surface area contributed by atoms with Crippen molar-refractivity contribution in [3.05, 3.63) is 71.3 Å². The van der Waals surface area contributed by atoms with Crippen LogP contribution in [0.2, 0.25) is 0 Å². The molecule has 2 aromatic rings. The lowest BCUT2D eigenvalue weighted by Crippen LogP contribution is -2.23. The van der Waals surface area contributed by atoms with Gasteiger partial charge in [-0.05, 0) is 23.6 Å². The Morgan fingerprint density at radius 1 is 1.14 bits per heavy atom. The quantitative estimate of drug-likeness (QED) is 0.800. The van der Waals surface area contributed by atoms with Crippen molar-refractivity contribution in [3.8, 4) is 0 Å². The zero-order valence-electron chi connectivity index (χ0n) is 12.7. The molecule has 0 aliphatic carbocycles. The number of carbonyl (C=O) groups is 1. The SMILES string of the molecule is CCOC(=O)C[C@H]1O[C@@H](c2ccccc2)Cc2ccccc21. The van der Waals surface area contributed by atoms with E-state index in [-0.39, 0.29) is 24.6 Å². The number of hydrogen-bond acceptors (Lipinski definition) is 3. The van der Waals surface area contributed by atoms with Gasteiger partial charge in [-0.1, -0.05) is 54.6 Å². The standard InChI is InChI=1S/C19H20O3/c1-2-21-19(20)13-18-16-11-7-6-10-15(16)12-17(22-18)14-8-4-3-5-9-14/h3-11,17-18H,2,12-13H2,1H3/t17-,18-/m1/s1. The molecule has 0 bridgehead atoms. The highest BCUT2D eigenvalue weighted by molar-refractivity contribution is 5.70. The zero-order valence-corrected chi connectivity index (χ0v) is 12.7. The molecule has 0 saturated heterocycles. The Hall–Kier alpha value is -2.13. The van der Waals surface area contributed by atoms with Gasteiger partial charge in [-0.3, -0.25) is 4.79 Å². The molecule has 1 aliphatic heterocycles. The van der Waals surface area contributed by atoms with E-state index in [0.717, 1.165) is 17.5 Å². The third-order valence-corrected chi connectivity index (χ3v) is 3.96. The molecule has 22 heavy (non-hydrogen) atoms. The summed E-state index contributed by atoms with van der Waals surface area (Å²) in [6, 6.07) is 18.3. The third-order valence-electron chi connectivity index (χ3n) is 3.96. The lowest BCUT2D eigenvalue weighted by molar-refractivity contribution is -0.148. The van der Waals surface area contributed by atoms with E-state index in [1.165, 1.54) is 5.56 Å². The van der Waals surface area contributed by atoms with Gasteiger partial charge >= 0.3 is 5.97 Å². The smallest absolute Gasteiger partial charge is 0.308 e. The molecule has 1 aliphatic rings. The van der Waals surface area contributed by atoms with Gasteiger partial charge in [0.25, 0.3) is 0 Å². The Morgan fingerprint density at radius 2 is 1.86 bits per heavy atom. The summed E-state index contributed by atoms with van der Waals surface area (Å²) in [5.41, 5.74) is 3.49. The molecule has 0 aromatic heterocycles. The second kappa shape index (κ2) is 6.75. The average molecular weight is 296 g/mol. The van der Waals surface area contributed by atoms with E-state index in [4.69, 9.17) is 9.47 Å². The van der Waals surface area contributed by atoms with Gasteiger partial charge < -0.3 is 9.47 Å². The largest absolute Gasteiger partial charge is 0.466 e. The molecule has 1 heterocycles. The van der Waals surface area contributed by atoms with Crippen LogP contribution in [0.5, 0.6) is 0 Å². The zero-order chi connectivity index (χ0) is 15.4.